The Morgan fingerprint density at radius 3 is 2.40 bits per heavy atom. The van der Waals surface area contributed by atoms with Crippen LogP contribution in [0.15, 0.2) is 48.5 Å². The molecule has 1 saturated carbocycles. The highest BCUT2D eigenvalue weighted by Gasteiger charge is 2.35. The Hall–Kier alpha value is -1.90. The van der Waals surface area contributed by atoms with Gasteiger partial charge in [0.05, 0.1) is 0 Å². The van der Waals surface area contributed by atoms with Crippen molar-refractivity contribution < 1.29 is 18.8 Å². The third kappa shape index (κ3) is 4.02. The third-order valence-corrected chi connectivity index (χ3v) is 6.02. The monoisotopic (exact) mass is 358 g/mol. The van der Waals surface area contributed by atoms with E-state index in [0.29, 0.717) is 17.2 Å². The van der Waals surface area contributed by atoms with Crippen molar-refractivity contribution in [2.45, 2.75) is 44.9 Å². The van der Waals surface area contributed by atoms with Gasteiger partial charge in [-0.1, -0.05) is 61.7 Å². The van der Waals surface area contributed by atoms with Gasteiger partial charge in [0.1, 0.15) is 5.75 Å². The van der Waals surface area contributed by atoms with Gasteiger partial charge in [-0.05, 0) is 42.9 Å². The largest absolute Gasteiger partial charge is 0.448 e. The van der Waals surface area contributed by atoms with Crippen molar-refractivity contribution in [3.63, 3.8) is 0 Å². The molecule has 1 aliphatic carbocycles. The van der Waals surface area contributed by atoms with Crippen LogP contribution >= 0.6 is 7.60 Å². The molecule has 1 N–H and O–H groups in total. The Balaban J connectivity index is 1.87. The first-order valence-electron chi connectivity index (χ1n) is 8.71. The van der Waals surface area contributed by atoms with Gasteiger partial charge in [0.2, 0.25) is 0 Å². The second-order valence-corrected chi connectivity index (χ2v) is 8.23. The first kappa shape index (κ1) is 17.9. The van der Waals surface area contributed by atoms with Gasteiger partial charge in [0.25, 0.3) is 5.52 Å². The van der Waals surface area contributed by atoms with E-state index in [2.05, 4.69) is 0 Å². The molecule has 0 aromatic heterocycles. The van der Waals surface area contributed by atoms with Crippen molar-refractivity contribution in [3.05, 3.63) is 65.2 Å². The van der Waals surface area contributed by atoms with Crippen LogP contribution in [-0.2, 0) is 4.57 Å². The maximum Gasteiger partial charge on any atom is 0.448 e. The van der Waals surface area contributed by atoms with Crippen molar-refractivity contribution in [1.82, 2.24) is 0 Å². The Kier molecular flexibility index (Phi) is 5.41. The quantitative estimate of drug-likeness (QED) is 0.722. The predicted molar refractivity (Wildman–Crippen MR) is 98.2 cm³/mol. The number of carbonyl (C=O) groups is 1. The van der Waals surface area contributed by atoms with Crippen molar-refractivity contribution in [2.24, 2.45) is 0 Å². The lowest BCUT2D eigenvalue weighted by Gasteiger charge is -2.24. The standard InChI is InChI=1S/C20H23O4P/c1-15-9-5-6-12-17(15)20(21)25(22,23)24-19-14-8-7-13-18(19)16-10-3-2-4-11-16/h5-9,12-14,16H,2-4,10-11H2,1H3,(H,22,23). The minimum atomic E-state index is -4.47. The molecule has 2 aromatic carbocycles. The highest BCUT2D eigenvalue weighted by atomic mass is 31.2. The summed E-state index contributed by atoms with van der Waals surface area (Å²) in [6.45, 7) is 1.74. The highest BCUT2D eigenvalue weighted by molar-refractivity contribution is 7.72. The minimum absolute atomic E-state index is 0.225. The fourth-order valence-electron chi connectivity index (χ4n) is 3.45. The maximum absolute atomic E-state index is 12.7. The number of aryl methyl sites for hydroxylation is 1. The number of hydrogen-bond donors (Lipinski definition) is 1. The molecule has 5 heteroatoms. The van der Waals surface area contributed by atoms with Crippen molar-refractivity contribution >= 4 is 13.1 Å². The van der Waals surface area contributed by atoms with E-state index in [0.717, 1.165) is 31.2 Å². The zero-order valence-corrected chi connectivity index (χ0v) is 15.2. The summed E-state index contributed by atoms with van der Waals surface area (Å²) in [5, 5.41) is 0. The number of rotatable bonds is 5. The number of para-hydroxylation sites is 1. The molecule has 0 spiro atoms. The van der Waals surface area contributed by atoms with E-state index >= 15 is 0 Å². The summed E-state index contributed by atoms with van der Waals surface area (Å²) in [5.41, 5.74) is 0.951. The van der Waals surface area contributed by atoms with Crippen LogP contribution in [0.1, 0.15) is 59.5 Å². The number of carbonyl (C=O) groups excluding carboxylic acids is 1. The predicted octanol–water partition coefficient (Wildman–Crippen LogP) is 5.45. The van der Waals surface area contributed by atoms with E-state index in [1.54, 1.807) is 43.3 Å². The van der Waals surface area contributed by atoms with Gasteiger partial charge in [0, 0.05) is 5.56 Å². The van der Waals surface area contributed by atoms with Gasteiger partial charge < -0.3 is 9.42 Å². The summed E-state index contributed by atoms with van der Waals surface area (Å²) < 4.78 is 18.1. The summed E-state index contributed by atoms with van der Waals surface area (Å²) in [4.78, 5) is 22.9. The van der Waals surface area contributed by atoms with Crippen LogP contribution in [0.25, 0.3) is 0 Å². The Morgan fingerprint density at radius 1 is 1.04 bits per heavy atom. The molecule has 0 bridgehead atoms. The lowest BCUT2D eigenvalue weighted by molar-refractivity contribution is 0.104. The molecule has 4 nitrogen and oxygen atoms in total. The van der Waals surface area contributed by atoms with Gasteiger partial charge in [-0.25, -0.2) is 4.57 Å². The van der Waals surface area contributed by atoms with E-state index < -0.39 is 13.1 Å². The van der Waals surface area contributed by atoms with Crippen molar-refractivity contribution in [3.8, 4) is 5.75 Å². The van der Waals surface area contributed by atoms with Crippen LogP contribution in [-0.4, -0.2) is 10.4 Å². The molecule has 0 amide bonds. The molecule has 0 heterocycles. The lowest BCUT2D eigenvalue weighted by atomic mass is 9.84. The normalized spacial score (nSPS) is 17.7. The van der Waals surface area contributed by atoms with Gasteiger partial charge >= 0.3 is 7.60 Å². The minimum Gasteiger partial charge on any atom is -0.419 e. The summed E-state index contributed by atoms with van der Waals surface area (Å²) >= 11 is 0. The first-order valence-corrected chi connectivity index (χ1v) is 10.3. The lowest BCUT2D eigenvalue weighted by Crippen LogP contribution is -2.10. The highest BCUT2D eigenvalue weighted by Crippen LogP contribution is 2.49. The van der Waals surface area contributed by atoms with Crippen LogP contribution in [0, 0.1) is 6.92 Å². The summed E-state index contributed by atoms with van der Waals surface area (Å²) in [5.74, 6) is 0.667. The van der Waals surface area contributed by atoms with E-state index in [4.69, 9.17) is 4.52 Å². The molecule has 0 saturated heterocycles. The number of benzene rings is 2. The molecule has 1 aliphatic rings. The van der Waals surface area contributed by atoms with E-state index in [1.807, 2.05) is 12.1 Å². The molecule has 25 heavy (non-hydrogen) atoms. The zero-order valence-electron chi connectivity index (χ0n) is 14.4. The van der Waals surface area contributed by atoms with E-state index in [-0.39, 0.29) is 5.56 Å². The van der Waals surface area contributed by atoms with Gasteiger partial charge in [-0.15, -0.1) is 0 Å². The van der Waals surface area contributed by atoms with E-state index in [9.17, 15) is 14.3 Å². The Bertz CT molecular complexity index is 809. The zero-order chi connectivity index (χ0) is 17.9. The Morgan fingerprint density at radius 2 is 1.68 bits per heavy atom. The molecule has 2 aromatic rings. The van der Waals surface area contributed by atoms with Crippen molar-refractivity contribution in [1.29, 1.82) is 0 Å². The molecule has 1 unspecified atom stereocenters. The summed E-state index contributed by atoms with van der Waals surface area (Å²) in [6.07, 6.45) is 5.61. The molecule has 1 fully saturated rings. The van der Waals surface area contributed by atoms with Crippen LogP contribution in [0.4, 0.5) is 0 Å². The fourth-order valence-corrected chi connectivity index (χ4v) is 4.53. The SMILES string of the molecule is Cc1ccccc1C(=O)P(=O)(O)Oc1ccccc1C1CCCCC1. The van der Waals surface area contributed by atoms with Crippen molar-refractivity contribution in [2.75, 3.05) is 0 Å². The second kappa shape index (κ2) is 7.55. The topological polar surface area (TPSA) is 63.6 Å². The smallest absolute Gasteiger partial charge is 0.419 e. The van der Waals surface area contributed by atoms with Gasteiger partial charge in [-0.3, -0.25) is 4.79 Å². The van der Waals surface area contributed by atoms with E-state index in [1.165, 1.54) is 6.42 Å². The Labute approximate surface area is 148 Å². The second-order valence-electron chi connectivity index (χ2n) is 6.60. The average molecular weight is 358 g/mol. The molecular formula is C20H23O4P. The van der Waals surface area contributed by atoms with Crippen LogP contribution < -0.4 is 4.52 Å². The first-order chi connectivity index (χ1) is 12.0. The summed E-state index contributed by atoms with van der Waals surface area (Å²) in [7, 11) is -4.47. The molecule has 1 atom stereocenters. The summed E-state index contributed by atoms with van der Waals surface area (Å²) in [6, 6.07) is 14.0. The molecule has 132 valence electrons. The van der Waals surface area contributed by atoms with Crippen LogP contribution in [0.5, 0.6) is 5.75 Å². The van der Waals surface area contributed by atoms with Gasteiger partial charge in [-0.2, -0.15) is 0 Å². The van der Waals surface area contributed by atoms with Crippen LogP contribution in [0.2, 0.25) is 0 Å². The fraction of sp³-hybridized carbons (Fsp3) is 0.350. The molecule has 0 aliphatic heterocycles. The molecule has 3 rings (SSSR count). The molecule has 0 radical (unpaired) electrons. The molecular weight excluding hydrogens is 335 g/mol. The maximum atomic E-state index is 12.7. The van der Waals surface area contributed by atoms with Gasteiger partial charge in [0.15, 0.2) is 0 Å². The average Bonchev–Trinajstić information content (AvgIpc) is 2.62. The number of hydrogen-bond acceptors (Lipinski definition) is 3. The van der Waals surface area contributed by atoms with Crippen LogP contribution in [0.3, 0.4) is 0 Å². The third-order valence-electron chi connectivity index (χ3n) is 4.82.